The molecule has 1 aromatic rings. The zero-order valence-corrected chi connectivity index (χ0v) is 9.67. The average Bonchev–Trinajstić information content (AvgIpc) is 2.21. The molecule has 0 aliphatic heterocycles. The van der Waals surface area contributed by atoms with Gasteiger partial charge in [0.25, 0.3) is 0 Å². The highest BCUT2D eigenvalue weighted by atomic mass is 35.5. The summed E-state index contributed by atoms with van der Waals surface area (Å²) in [7, 11) is 0. The van der Waals surface area contributed by atoms with E-state index in [1.165, 1.54) is 0 Å². The van der Waals surface area contributed by atoms with Crippen LogP contribution in [0.15, 0.2) is 18.3 Å². The SMILES string of the molecule is CC(C)(C#N)CNCc1ccc(Cl)nc1. The van der Waals surface area contributed by atoms with Crippen molar-refractivity contribution in [3.05, 3.63) is 29.0 Å². The summed E-state index contributed by atoms with van der Waals surface area (Å²) in [5, 5.41) is 12.5. The van der Waals surface area contributed by atoms with Crippen LogP contribution in [-0.2, 0) is 6.54 Å². The molecule has 0 aromatic carbocycles. The Labute approximate surface area is 95.1 Å². The van der Waals surface area contributed by atoms with Gasteiger partial charge in [-0.05, 0) is 25.5 Å². The predicted octanol–water partition coefficient (Wildman–Crippen LogP) is 2.37. The van der Waals surface area contributed by atoms with Crippen molar-refractivity contribution in [2.45, 2.75) is 20.4 Å². The van der Waals surface area contributed by atoms with E-state index >= 15 is 0 Å². The maximum Gasteiger partial charge on any atom is 0.129 e. The molecule has 0 saturated carbocycles. The second kappa shape index (κ2) is 5.11. The minimum absolute atomic E-state index is 0.333. The van der Waals surface area contributed by atoms with Crippen LogP contribution < -0.4 is 5.32 Å². The molecule has 0 saturated heterocycles. The fourth-order valence-electron chi connectivity index (χ4n) is 1.07. The molecular formula is C11H14ClN3. The van der Waals surface area contributed by atoms with Crippen LogP contribution in [0.4, 0.5) is 0 Å². The third-order valence-corrected chi connectivity index (χ3v) is 2.21. The maximum absolute atomic E-state index is 8.81. The van der Waals surface area contributed by atoms with Crippen molar-refractivity contribution in [2.75, 3.05) is 6.54 Å². The number of hydrogen-bond donors (Lipinski definition) is 1. The zero-order chi connectivity index (χ0) is 11.3. The van der Waals surface area contributed by atoms with Crippen LogP contribution in [0.2, 0.25) is 5.15 Å². The summed E-state index contributed by atoms with van der Waals surface area (Å²) in [5.41, 5.74) is 0.730. The van der Waals surface area contributed by atoms with Crippen molar-refractivity contribution in [1.82, 2.24) is 10.3 Å². The second-order valence-electron chi connectivity index (χ2n) is 4.09. The molecule has 4 heteroatoms. The Morgan fingerprint density at radius 3 is 2.80 bits per heavy atom. The summed E-state index contributed by atoms with van der Waals surface area (Å²) in [6, 6.07) is 5.91. The summed E-state index contributed by atoms with van der Waals surface area (Å²) >= 11 is 5.67. The van der Waals surface area contributed by atoms with E-state index in [1.807, 2.05) is 19.9 Å². The molecule has 0 fully saturated rings. The molecule has 0 spiro atoms. The van der Waals surface area contributed by atoms with Gasteiger partial charge in [-0.25, -0.2) is 4.98 Å². The van der Waals surface area contributed by atoms with E-state index < -0.39 is 0 Å². The fraction of sp³-hybridized carbons (Fsp3) is 0.455. The number of pyridine rings is 1. The van der Waals surface area contributed by atoms with Crippen molar-refractivity contribution in [3.8, 4) is 6.07 Å². The van der Waals surface area contributed by atoms with E-state index in [1.54, 1.807) is 12.3 Å². The smallest absolute Gasteiger partial charge is 0.129 e. The van der Waals surface area contributed by atoms with Crippen LogP contribution >= 0.6 is 11.6 Å². The molecule has 0 amide bonds. The van der Waals surface area contributed by atoms with Crippen molar-refractivity contribution in [3.63, 3.8) is 0 Å². The van der Waals surface area contributed by atoms with Gasteiger partial charge in [0.05, 0.1) is 11.5 Å². The number of nitrogens with one attached hydrogen (secondary N) is 1. The molecule has 1 rings (SSSR count). The first-order chi connectivity index (χ1) is 7.03. The van der Waals surface area contributed by atoms with Crippen LogP contribution in [0.5, 0.6) is 0 Å². The van der Waals surface area contributed by atoms with Gasteiger partial charge in [0.15, 0.2) is 0 Å². The lowest BCUT2D eigenvalue weighted by Gasteiger charge is -2.15. The Balaban J connectivity index is 2.39. The van der Waals surface area contributed by atoms with Gasteiger partial charge in [-0.15, -0.1) is 0 Å². The monoisotopic (exact) mass is 223 g/mol. The number of aromatic nitrogens is 1. The summed E-state index contributed by atoms with van der Waals surface area (Å²) < 4.78 is 0. The van der Waals surface area contributed by atoms with E-state index in [2.05, 4.69) is 16.4 Å². The Morgan fingerprint density at radius 1 is 1.53 bits per heavy atom. The average molecular weight is 224 g/mol. The predicted molar refractivity (Wildman–Crippen MR) is 60.3 cm³/mol. The Hall–Kier alpha value is -1.11. The van der Waals surface area contributed by atoms with Crippen LogP contribution in [-0.4, -0.2) is 11.5 Å². The summed E-state index contributed by atoms with van der Waals surface area (Å²) in [6.45, 7) is 5.17. The largest absolute Gasteiger partial charge is 0.311 e. The van der Waals surface area contributed by atoms with E-state index in [-0.39, 0.29) is 5.41 Å². The Kier molecular flexibility index (Phi) is 4.07. The van der Waals surface area contributed by atoms with Crippen LogP contribution in [0.1, 0.15) is 19.4 Å². The molecule has 1 N–H and O–H groups in total. The van der Waals surface area contributed by atoms with Gasteiger partial charge in [-0.1, -0.05) is 17.7 Å². The molecule has 15 heavy (non-hydrogen) atoms. The van der Waals surface area contributed by atoms with Crippen molar-refractivity contribution in [1.29, 1.82) is 5.26 Å². The number of nitriles is 1. The van der Waals surface area contributed by atoms with Crippen LogP contribution in [0.25, 0.3) is 0 Å². The minimum atomic E-state index is -0.333. The van der Waals surface area contributed by atoms with Crippen molar-refractivity contribution < 1.29 is 0 Å². The molecule has 0 unspecified atom stereocenters. The van der Waals surface area contributed by atoms with Gasteiger partial charge < -0.3 is 5.32 Å². The molecule has 1 heterocycles. The van der Waals surface area contributed by atoms with Gasteiger partial charge in [0.2, 0.25) is 0 Å². The maximum atomic E-state index is 8.81. The second-order valence-corrected chi connectivity index (χ2v) is 4.48. The molecule has 1 aromatic heterocycles. The highest BCUT2D eigenvalue weighted by Crippen LogP contribution is 2.11. The van der Waals surface area contributed by atoms with Gasteiger partial charge >= 0.3 is 0 Å². The van der Waals surface area contributed by atoms with Gasteiger partial charge in [-0.2, -0.15) is 5.26 Å². The summed E-state index contributed by atoms with van der Waals surface area (Å²) in [5.74, 6) is 0. The molecule has 80 valence electrons. The standard InChI is InChI=1S/C11H14ClN3/c1-11(2,7-13)8-14-5-9-3-4-10(12)15-6-9/h3-4,6,14H,5,8H2,1-2H3. The van der Waals surface area contributed by atoms with Gasteiger partial charge in [0, 0.05) is 19.3 Å². The summed E-state index contributed by atoms with van der Waals surface area (Å²) in [4.78, 5) is 3.97. The lowest BCUT2D eigenvalue weighted by atomic mass is 9.96. The van der Waals surface area contributed by atoms with Gasteiger partial charge in [0.1, 0.15) is 5.15 Å². The van der Waals surface area contributed by atoms with Crippen molar-refractivity contribution in [2.24, 2.45) is 5.41 Å². The molecular weight excluding hydrogens is 210 g/mol. The fourth-order valence-corrected chi connectivity index (χ4v) is 1.18. The first-order valence-corrected chi connectivity index (χ1v) is 5.14. The molecule has 0 bridgehead atoms. The molecule has 0 atom stereocenters. The summed E-state index contributed by atoms with van der Waals surface area (Å²) in [6.07, 6.45) is 1.73. The normalized spacial score (nSPS) is 11.1. The number of halogens is 1. The molecule has 0 aliphatic carbocycles. The van der Waals surface area contributed by atoms with E-state index in [4.69, 9.17) is 16.9 Å². The third kappa shape index (κ3) is 4.28. The minimum Gasteiger partial charge on any atom is -0.311 e. The lowest BCUT2D eigenvalue weighted by Crippen LogP contribution is -2.27. The molecule has 0 aliphatic rings. The first-order valence-electron chi connectivity index (χ1n) is 4.76. The highest BCUT2D eigenvalue weighted by molar-refractivity contribution is 6.29. The molecule has 3 nitrogen and oxygen atoms in total. The molecule has 0 radical (unpaired) electrons. The van der Waals surface area contributed by atoms with E-state index in [0.29, 0.717) is 18.2 Å². The van der Waals surface area contributed by atoms with E-state index in [9.17, 15) is 0 Å². The van der Waals surface area contributed by atoms with Crippen LogP contribution in [0, 0.1) is 16.7 Å². The Bertz CT molecular complexity index is 351. The quantitative estimate of drug-likeness (QED) is 0.798. The third-order valence-electron chi connectivity index (χ3n) is 1.99. The Morgan fingerprint density at radius 2 is 2.27 bits per heavy atom. The topological polar surface area (TPSA) is 48.7 Å². The van der Waals surface area contributed by atoms with Gasteiger partial charge in [-0.3, -0.25) is 0 Å². The highest BCUT2D eigenvalue weighted by Gasteiger charge is 2.15. The number of nitrogens with zero attached hydrogens (tertiary/aromatic N) is 2. The van der Waals surface area contributed by atoms with Crippen LogP contribution in [0.3, 0.4) is 0 Å². The van der Waals surface area contributed by atoms with E-state index in [0.717, 1.165) is 5.56 Å². The van der Waals surface area contributed by atoms with Crippen molar-refractivity contribution >= 4 is 11.6 Å². The lowest BCUT2D eigenvalue weighted by molar-refractivity contribution is 0.445. The zero-order valence-electron chi connectivity index (χ0n) is 8.92. The first kappa shape index (κ1) is 12.0. The number of rotatable bonds is 4. The number of hydrogen-bond acceptors (Lipinski definition) is 3.